The molecule has 0 aromatic carbocycles. The number of phosphoric acid groups is 3. The van der Waals surface area contributed by atoms with Crippen LogP contribution in [0.1, 0.15) is 149 Å². The average molecular weight is 1080 g/mol. The number of rotatable bonds is 37. The molecule has 1 aliphatic rings. The van der Waals surface area contributed by atoms with Crippen molar-refractivity contribution in [3.05, 3.63) is 12.7 Å². The van der Waals surface area contributed by atoms with Crippen molar-refractivity contribution in [3.8, 4) is 0 Å². The Kier molecular flexibility index (Phi) is 27.1. The maximum absolute atomic E-state index is 12.8. The van der Waals surface area contributed by atoms with Gasteiger partial charge in [-0.3, -0.25) is 32.5 Å². The standard InChI is InChI=1S/C42H76N7O17P3S/c1-5-30(2)20-18-16-14-12-10-8-6-7-9-11-13-15-17-19-21-33(51)70-25-24-44-32(50)22-23-45-40(54)37(53)42(3,4)27-63-69(60,61)66-68(58,59)62-26-31-36(65-67(55,56)57)35(52)41(64-31)49-29-48-34-38(43)46-28-47-39(34)49/h28-31,35-37,41,52-53H,5-27H2,1-4H3,(H,44,50)(H,45,54)(H,58,59)(H,60,61)(H2,43,46,47)(H2,55,56,57)/t30?,31-,35-,36-,37+,41-/m1/s1. The number of carbonyl (C=O) groups excluding carboxylic acids is 3. The first-order valence-electron chi connectivity index (χ1n) is 24.0. The van der Waals surface area contributed by atoms with Gasteiger partial charge in [-0.05, 0) is 12.3 Å². The number of unbranched alkanes of at least 4 members (excludes halogenated alkanes) is 13. The minimum atomic E-state index is -5.58. The van der Waals surface area contributed by atoms with Gasteiger partial charge in [0.05, 0.1) is 19.5 Å². The Morgan fingerprint density at radius 3 is 2.04 bits per heavy atom. The summed E-state index contributed by atoms with van der Waals surface area (Å²) in [6, 6.07) is 0. The normalized spacial score (nSPS) is 20.2. The minimum Gasteiger partial charge on any atom is -0.386 e. The summed E-state index contributed by atoms with van der Waals surface area (Å²) in [6.07, 6.45) is 13.7. The molecular weight excluding hydrogens is 999 g/mol. The molecule has 2 aromatic heterocycles. The van der Waals surface area contributed by atoms with Crippen LogP contribution >= 0.6 is 35.2 Å². The van der Waals surface area contributed by atoms with Gasteiger partial charge in [-0.15, -0.1) is 0 Å². The van der Waals surface area contributed by atoms with E-state index in [-0.39, 0.29) is 41.6 Å². The zero-order valence-electron chi connectivity index (χ0n) is 40.7. The lowest BCUT2D eigenvalue weighted by Gasteiger charge is -2.30. The number of ether oxygens (including phenoxy) is 1. The molecule has 3 rings (SSSR count). The topological polar surface area (TPSA) is 364 Å². The summed E-state index contributed by atoms with van der Waals surface area (Å²) in [5.41, 5.74) is 4.29. The number of hydrogen-bond acceptors (Lipinski definition) is 18. The number of carbonyl (C=O) groups is 3. The lowest BCUT2D eigenvalue weighted by molar-refractivity contribution is -0.137. The molecule has 1 fully saturated rings. The summed E-state index contributed by atoms with van der Waals surface area (Å²) in [7, 11) is -16.4. The number of nitrogen functional groups attached to an aromatic ring is 1. The van der Waals surface area contributed by atoms with Crippen LogP contribution in [0.2, 0.25) is 0 Å². The van der Waals surface area contributed by atoms with E-state index in [0.29, 0.717) is 12.2 Å². The van der Waals surface area contributed by atoms with E-state index in [4.69, 9.17) is 19.5 Å². The van der Waals surface area contributed by atoms with E-state index in [9.17, 15) is 57.9 Å². The SMILES string of the molecule is CCC(C)CCCCCCCCCCCCCCCCC(=O)SCCNC(=O)CCNC(=O)[C@H](O)C(C)(C)COP(=O)(O)OP(=O)(O)OC[C@H]1O[C@@H](n2cnc3c(N)ncnc32)[C@H](O)[C@@H]1OP(=O)(O)O. The zero-order chi connectivity index (χ0) is 52.0. The van der Waals surface area contributed by atoms with Crippen LogP contribution in [0.5, 0.6) is 0 Å². The maximum Gasteiger partial charge on any atom is 0.481 e. The Morgan fingerprint density at radius 2 is 1.44 bits per heavy atom. The largest absolute Gasteiger partial charge is 0.481 e. The van der Waals surface area contributed by atoms with Crippen LogP contribution in [0.3, 0.4) is 0 Å². The fourth-order valence-corrected chi connectivity index (χ4v) is 11.0. The molecule has 1 saturated heterocycles. The molecule has 28 heteroatoms. The predicted octanol–water partition coefficient (Wildman–Crippen LogP) is 5.95. The van der Waals surface area contributed by atoms with Crippen LogP contribution in [-0.2, 0) is 50.7 Å². The summed E-state index contributed by atoms with van der Waals surface area (Å²) in [6.45, 7) is 5.19. The number of hydrogen-bond donors (Lipinski definition) is 9. The first-order valence-corrected chi connectivity index (χ1v) is 29.5. The van der Waals surface area contributed by atoms with Gasteiger partial charge in [0, 0.05) is 37.1 Å². The Bertz CT molecular complexity index is 2070. The van der Waals surface area contributed by atoms with Gasteiger partial charge in [0.25, 0.3) is 0 Å². The quantitative estimate of drug-likeness (QED) is 0.0279. The van der Waals surface area contributed by atoms with Gasteiger partial charge in [-0.1, -0.05) is 136 Å². The van der Waals surface area contributed by atoms with Crippen molar-refractivity contribution in [3.63, 3.8) is 0 Å². The molecule has 10 N–H and O–H groups in total. The van der Waals surface area contributed by atoms with Crippen LogP contribution in [0, 0.1) is 11.3 Å². The molecule has 3 unspecified atom stereocenters. The molecule has 2 aromatic rings. The van der Waals surface area contributed by atoms with Crippen molar-refractivity contribution >= 4 is 69.1 Å². The number of phosphoric ester groups is 3. The second-order valence-corrected chi connectivity index (χ2v) is 23.7. The number of nitrogens with one attached hydrogen (secondary N) is 2. The van der Waals surface area contributed by atoms with Gasteiger partial charge >= 0.3 is 23.5 Å². The van der Waals surface area contributed by atoms with E-state index < -0.39 is 84.6 Å². The number of amides is 2. The molecule has 3 heterocycles. The Hall–Kier alpha value is -2.44. The molecule has 70 heavy (non-hydrogen) atoms. The first-order chi connectivity index (χ1) is 32.9. The second-order valence-electron chi connectivity index (χ2n) is 18.3. The summed E-state index contributed by atoms with van der Waals surface area (Å²) in [4.78, 5) is 88.5. The summed E-state index contributed by atoms with van der Waals surface area (Å²) < 4.78 is 62.5. The van der Waals surface area contributed by atoms with Crippen LogP contribution in [0.25, 0.3) is 11.2 Å². The fourth-order valence-electron chi connectivity index (χ4n) is 7.45. The van der Waals surface area contributed by atoms with E-state index in [2.05, 4.69) is 48.3 Å². The number of anilines is 1. The number of aliphatic hydroxyl groups excluding tert-OH is 2. The van der Waals surface area contributed by atoms with Gasteiger partial charge in [-0.25, -0.2) is 28.6 Å². The lowest BCUT2D eigenvalue weighted by atomic mass is 9.87. The van der Waals surface area contributed by atoms with Crippen molar-refractivity contribution in [2.24, 2.45) is 11.3 Å². The van der Waals surface area contributed by atoms with Crippen molar-refractivity contribution < 1.29 is 80.5 Å². The molecule has 402 valence electrons. The molecule has 0 saturated carbocycles. The molecule has 0 aliphatic carbocycles. The monoisotopic (exact) mass is 1080 g/mol. The highest BCUT2D eigenvalue weighted by Crippen LogP contribution is 2.61. The number of nitrogens with zero attached hydrogens (tertiary/aromatic N) is 4. The van der Waals surface area contributed by atoms with Crippen LogP contribution in [0.4, 0.5) is 5.82 Å². The molecule has 2 amide bonds. The van der Waals surface area contributed by atoms with Gasteiger partial charge in [0.15, 0.2) is 22.8 Å². The molecule has 8 atom stereocenters. The second kappa shape index (κ2) is 30.7. The summed E-state index contributed by atoms with van der Waals surface area (Å²) >= 11 is 1.16. The fraction of sp³-hybridized carbons (Fsp3) is 0.810. The smallest absolute Gasteiger partial charge is 0.386 e. The first kappa shape index (κ1) is 61.9. The number of thioether (sulfide) groups is 1. The van der Waals surface area contributed by atoms with Gasteiger partial charge in [-0.2, -0.15) is 4.31 Å². The molecule has 24 nitrogen and oxygen atoms in total. The summed E-state index contributed by atoms with van der Waals surface area (Å²) in [5.74, 6) is -0.155. The van der Waals surface area contributed by atoms with Crippen molar-refractivity contribution in [2.75, 3.05) is 37.8 Å². The zero-order valence-corrected chi connectivity index (χ0v) is 44.2. The highest BCUT2D eigenvalue weighted by molar-refractivity contribution is 8.13. The lowest BCUT2D eigenvalue weighted by Crippen LogP contribution is -2.46. The predicted molar refractivity (Wildman–Crippen MR) is 260 cm³/mol. The Balaban J connectivity index is 1.26. The molecule has 0 bridgehead atoms. The van der Waals surface area contributed by atoms with E-state index in [1.807, 2.05) is 0 Å². The van der Waals surface area contributed by atoms with E-state index in [1.165, 1.54) is 97.3 Å². The number of aromatic nitrogens is 4. The van der Waals surface area contributed by atoms with E-state index in [1.54, 1.807) is 0 Å². The van der Waals surface area contributed by atoms with Crippen molar-refractivity contribution in [1.82, 2.24) is 30.2 Å². The molecular formula is C42H76N7O17P3S. The Morgan fingerprint density at radius 1 is 0.857 bits per heavy atom. The van der Waals surface area contributed by atoms with Gasteiger partial charge in [0.2, 0.25) is 11.8 Å². The van der Waals surface area contributed by atoms with E-state index in [0.717, 1.165) is 54.2 Å². The highest BCUT2D eigenvalue weighted by atomic mass is 32.2. The Labute approximate surface area is 414 Å². The third-order valence-corrected chi connectivity index (χ3v) is 15.8. The van der Waals surface area contributed by atoms with Crippen LogP contribution in [0.15, 0.2) is 12.7 Å². The third-order valence-electron chi connectivity index (χ3n) is 11.8. The number of nitrogens with two attached hydrogens (primary N) is 1. The number of imidazole rings is 1. The van der Waals surface area contributed by atoms with Crippen LogP contribution in [-0.4, -0.2) is 123 Å². The maximum atomic E-state index is 12.8. The van der Waals surface area contributed by atoms with Gasteiger partial charge in [0.1, 0.15) is 36.3 Å². The summed E-state index contributed by atoms with van der Waals surface area (Å²) in [5, 5.41) is 26.7. The molecule has 1 aliphatic heterocycles. The third kappa shape index (κ3) is 23.2. The van der Waals surface area contributed by atoms with Gasteiger partial charge < -0.3 is 50.9 Å². The number of aliphatic hydroxyl groups is 2. The number of fused-ring (bicyclic) bond motifs is 1. The molecule has 0 radical (unpaired) electrons. The minimum absolute atomic E-state index is 0.0341. The van der Waals surface area contributed by atoms with E-state index >= 15 is 0 Å². The average Bonchev–Trinajstić information content (AvgIpc) is 3.85. The van der Waals surface area contributed by atoms with Crippen molar-refractivity contribution in [1.29, 1.82) is 0 Å². The molecule has 0 spiro atoms. The van der Waals surface area contributed by atoms with Crippen molar-refractivity contribution in [2.45, 2.75) is 174 Å². The van der Waals surface area contributed by atoms with Crippen LogP contribution < -0.4 is 16.4 Å². The highest BCUT2D eigenvalue weighted by Gasteiger charge is 2.50.